The number of benzene rings is 1. The van der Waals surface area contributed by atoms with Gasteiger partial charge in [-0.1, -0.05) is 23.5 Å². The number of esters is 1. The predicted molar refractivity (Wildman–Crippen MR) is 78.1 cm³/mol. The molecule has 107 valence electrons. The number of hydrogen-bond donors (Lipinski definition) is 2. The second-order valence-electron chi connectivity index (χ2n) is 4.15. The lowest BCUT2D eigenvalue weighted by atomic mass is 10.3. The van der Waals surface area contributed by atoms with E-state index in [0.29, 0.717) is 5.11 Å². The van der Waals surface area contributed by atoms with Crippen molar-refractivity contribution in [3.8, 4) is 0 Å². The maximum absolute atomic E-state index is 11.7. The summed E-state index contributed by atoms with van der Waals surface area (Å²) < 4.78 is 9.72. The molecule has 0 spiro atoms. The van der Waals surface area contributed by atoms with Gasteiger partial charge in [0.15, 0.2) is 11.7 Å². The van der Waals surface area contributed by atoms with E-state index >= 15 is 0 Å². The van der Waals surface area contributed by atoms with E-state index in [4.69, 9.17) is 9.15 Å². The molecule has 0 aliphatic carbocycles. The third-order valence-corrected chi connectivity index (χ3v) is 3.64. The first-order valence-corrected chi connectivity index (χ1v) is 6.95. The van der Waals surface area contributed by atoms with Crippen molar-refractivity contribution in [3.63, 3.8) is 0 Å². The van der Waals surface area contributed by atoms with E-state index in [9.17, 15) is 9.59 Å². The highest BCUT2D eigenvalue weighted by Gasteiger charge is 2.16. The van der Waals surface area contributed by atoms with Gasteiger partial charge < -0.3 is 19.8 Å². The first-order chi connectivity index (χ1) is 10.2. The maximum Gasteiger partial charge on any atom is 0.374 e. The van der Waals surface area contributed by atoms with Crippen LogP contribution in [0.25, 0.3) is 0 Å². The average Bonchev–Trinajstić information content (AvgIpc) is 3.13. The van der Waals surface area contributed by atoms with Gasteiger partial charge in [0.05, 0.1) is 16.8 Å². The first kappa shape index (κ1) is 13.3. The van der Waals surface area contributed by atoms with Crippen LogP contribution in [0.2, 0.25) is 0 Å². The van der Waals surface area contributed by atoms with Crippen molar-refractivity contribution in [2.45, 2.75) is 4.90 Å². The summed E-state index contributed by atoms with van der Waals surface area (Å²) in [5, 5.41) is 6.31. The Hall–Kier alpha value is -2.67. The molecule has 0 fully saturated rings. The van der Waals surface area contributed by atoms with Crippen LogP contribution >= 0.6 is 11.4 Å². The summed E-state index contributed by atoms with van der Waals surface area (Å²) >= 11 is 1.41. The molecule has 1 aromatic carbocycles. The number of carbonyl (C=O) groups excluding carboxylic acids is 2. The lowest BCUT2D eigenvalue weighted by Crippen LogP contribution is -2.36. The Morgan fingerprint density at radius 2 is 2.10 bits per heavy atom. The number of furan rings is 1. The Morgan fingerprint density at radius 3 is 2.86 bits per heavy atom. The van der Waals surface area contributed by atoms with Crippen LogP contribution in [0, 0.1) is 0 Å². The highest BCUT2D eigenvalue weighted by atomic mass is 32.1. The monoisotopic (exact) mass is 303 g/mol. The van der Waals surface area contributed by atoms with E-state index in [-0.39, 0.29) is 12.4 Å². The highest BCUT2D eigenvalue weighted by Crippen LogP contribution is 2.27. The minimum absolute atomic E-state index is 0.0659. The lowest BCUT2D eigenvalue weighted by Gasteiger charge is -2.06. The van der Waals surface area contributed by atoms with E-state index in [1.54, 1.807) is 6.07 Å². The zero-order valence-corrected chi connectivity index (χ0v) is 11.6. The summed E-state index contributed by atoms with van der Waals surface area (Å²) in [5.41, 5.74) is 0.936. The van der Waals surface area contributed by atoms with Gasteiger partial charge in [-0.2, -0.15) is 0 Å². The smallest absolute Gasteiger partial charge is 0.374 e. The number of nitrogens with one attached hydrogen (secondary N) is 2. The quantitative estimate of drug-likeness (QED) is 0.668. The topological polar surface area (TPSA) is 80.6 Å². The molecule has 7 heteroatoms. The van der Waals surface area contributed by atoms with Gasteiger partial charge in [-0.05, 0) is 24.3 Å². The van der Waals surface area contributed by atoms with E-state index in [1.165, 1.54) is 23.7 Å². The fraction of sp³-hybridized carbons (Fsp3) is 0.0714. The Balaban J connectivity index is 1.51. The van der Waals surface area contributed by atoms with Crippen LogP contribution in [0.1, 0.15) is 10.6 Å². The van der Waals surface area contributed by atoms with Crippen LogP contribution in [0.3, 0.4) is 0 Å². The number of amides is 1. The number of hydrogen-bond acceptors (Lipinski definition) is 5. The van der Waals surface area contributed by atoms with Gasteiger partial charge in [-0.15, -0.1) is 0 Å². The summed E-state index contributed by atoms with van der Waals surface area (Å²) in [7, 11) is 0. The Labute approximate surface area is 124 Å². The van der Waals surface area contributed by atoms with Gasteiger partial charge in [-0.3, -0.25) is 4.79 Å². The van der Waals surface area contributed by atoms with Gasteiger partial charge in [0, 0.05) is 0 Å². The highest BCUT2D eigenvalue weighted by molar-refractivity contribution is 7.99. The Bertz CT molecular complexity index is 710. The molecule has 6 nitrogen and oxygen atoms in total. The average molecular weight is 303 g/mol. The fourth-order valence-electron chi connectivity index (χ4n) is 1.73. The standard InChI is InChI=1S/C14H11N2O4S/c17-12(8-20-13(18)10-5-3-7-19-10)16-14-15-9-4-1-2-6-11(9)21-14/h1-7,15H,8H2,(H,16,17). The summed E-state index contributed by atoms with van der Waals surface area (Å²) in [5.74, 6) is -1.02. The predicted octanol–water partition coefficient (Wildman–Crippen LogP) is 1.86. The summed E-state index contributed by atoms with van der Waals surface area (Å²) in [6, 6.07) is 10.7. The van der Waals surface area contributed by atoms with Gasteiger partial charge >= 0.3 is 5.97 Å². The molecule has 0 saturated carbocycles. The van der Waals surface area contributed by atoms with E-state index < -0.39 is 11.9 Å². The molecule has 1 amide bonds. The van der Waals surface area contributed by atoms with Gasteiger partial charge in [0.25, 0.3) is 5.91 Å². The van der Waals surface area contributed by atoms with E-state index in [0.717, 1.165) is 10.6 Å². The van der Waals surface area contributed by atoms with Crippen LogP contribution < -0.4 is 10.6 Å². The van der Waals surface area contributed by atoms with Crippen LogP contribution in [-0.4, -0.2) is 23.6 Å². The van der Waals surface area contributed by atoms with Crippen molar-refractivity contribution in [1.82, 2.24) is 5.32 Å². The molecule has 0 bridgehead atoms. The minimum Gasteiger partial charge on any atom is -0.457 e. The molecule has 1 aromatic heterocycles. The number of fused-ring (bicyclic) bond motifs is 1. The van der Waals surface area contributed by atoms with Crippen LogP contribution in [0.5, 0.6) is 0 Å². The van der Waals surface area contributed by atoms with Crippen molar-refractivity contribution in [2.24, 2.45) is 0 Å². The molecule has 21 heavy (non-hydrogen) atoms. The zero-order chi connectivity index (χ0) is 14.7. The second kappa shape index (κ2) is 5.76. The maximum atomic E-state index is 11.7. The van der Waals surface area contributed by atoms with Crippen molar-refractivity contribution in [1.29, 1.82) is 0 Å². The number of ether oxygens (including phenoxy) is 1. The summed E-state index contributed by atoms with van der Waals surface area (Å²) in [6.45, 7) is -0.373. The molecule has 0 atom stereocenters. The second-order valence-corrected chi connectivity index (χ2v) is 5.21. The van der Waals surface area contributed by atoms with E-state index in [2.05, 4.69) is 10.6 Å². The normalized spacial score (nSPS) is 12.1. The number of rotatable bonds is 3. The third-order valence-electron chi connectivity index (χ3n) is 2.66. The molecule has 2 heterocycles. The van der Waals surface area contributed by atoms with Crippen molar-refractivity contribution < 1.29 is 18.7 Å². The Kier molecular flexibility index (Phi) is 3.65. The van der Waals surface area contributed by atoms with Gasteiger partial charge in [0.1, 0.15) is 0 Å². The molecule has 0 saturated heterocycles. The summed E-state index contributed by atoms with van der Waals surface area (Å²) in [4.78, 5) is 24.3. The molecular weight excluding hydrogens is 292 g/mol. The SMILES string of the molecule is O=C(COC(=O)c1ccco1)NC1=[S]c2ccccc2N1. The first-order valence-electron chi connectivity index (χ1n) is 6.14. The zero-order valence-electron chi connectivity index (χ0n) is 10.8. The number of carbonyl (C=O) groups is 2. The number of anilines is 1. The third kappa shape index (κ3) is 3.09. The van der Waals surface area contributed by atoms with Crippen LogP contribution in [0.4, 0.5) is 5.69 Å². The molecule has 2 aromatic rings. The fourth-order valence-corrected chi connectivity index (χ4v) is 2.65. The molecule has 1 aliphatic heterocycles. The van der Waals surface area contributed by atoms with Crippen LogP contribution in [-0.2, 0) is 9.53 Å². The number of para-hydroxylation sites is 1. The van der Waals surface area contributed by atoms with E-state index in [1.807, 2.05) is 24.3 Å². The van der Waals surface area contributed by atoms with Gasteiger partial charge in [-0.25, -0.2) is 4.79 Å². The van der Waals surface area contributed by atoms with Crippen molar-refractivity contribution in [2.75, 3.05) is 11.9 Å². The molecule has 3 rings (SSSR count). The van der Waals surface area contributed by atoms with Gasteiger partial charge in [0.2, 0.25) is 5.76 Å². The lowest BCUT2D eigenvalue weighted by molar-refractivity contribution is -0.122. The summed E-state index contributed by atoms with van der Waals surface area (Å²) in [6.07, 6.45) is 1.36. The largest absolute Gasteiger partial charge is 0.457 e. The molecular formula is C14H11N2O4S. The molecule has 2 N–H and O–H groups in total. The molecule has 0 unspecified atom stereocenters. The molecule has 1 radical (unpaired) electrons. The van der Waals surface area contributed by atoms with Crippen LogP contribution in [0.15, 0.2) is 52.0 Å². The van der Waals surface area contributed by atoms with Crippen molar-refractivity contribution in [3.05, 3.63) is 48.4 Å². The molecule has 1 aliphatic rings. The Morgan fingerprint density at radius 1 is 1.24 bits per heavy atom. The van der Waals surface area contributed by atoms with Crippen molar-refractivity contribution >= 4 is 34.0 Å². The minimum atomic E-state index is -0.671.